The minimum absolute atomic E-state index is 0.114. The number of hydrogen-bond donors (Lipinski definition) is 1. The first-order valence-corrected chi connectivity index (χ1v) is 7.98. The van der Waals surface area contributed by atoms with Gasteiger partial charge in [-0.05, 0) is 37.9 Å². The minimum atomic E-state index is -0.410. The number of aliphatic hydroxyl groups excluding tert-OH is 1. The van der Waals surface area contributed by atoms with E-state index in [4.69, 9.17) is 4.74 Å². The Bertz CT molecular complexity index is 452. The summed E-state index contributed by atoms with van der Waals surface area (Å²) in [6.45, 7) is 4.77. The van der Waals surface area contributed by atoms with Crippen LogP contribution in [0, 0.1) is 0 Å². The Morgan fingerprint density at radius 2 is 1.95 bits per heavy atom. The van der Waals surface area contributed by atoms with Gasteiger partial charge in [0.2, 0.25) is 0 Å². The van der Waals surface area contributed by atoms with Gasteiger partial charge in [0.1, 0.15) is 18.5 Å². The Morgan fingerprint density at radius 1 is 1.20 bits per heavy atom. The van der Waals surface area contributed by atoms with E-state index in [1.807, 2.05) is 0 Å². The summed E-state index contributed by atoms with van der Waals surface area (Å²) in [5.41, 5.74) is 2.44. The van der Waals surface area contributed by atoms with Crippen molar-refractivity contribution in [2.75, 3.05) is 19.7 Å². The van der Waals surface area contributed by atoms with Crippen molar-refractivity contribution in [2.45, 2.75) is 51.2 Å². The normalized spacial score (nSPS) is 27.5. The van der Waals surface area contributed by atoms with E-state index >= 15 is 0 Å². The molecule has 2 unspecified atom stereocenters. The molecule has 20 heavy (non-hydrogen) atoms. The van der Waals surface area contributed by atoms with Crippen molar-refractivity contribution < 1.29 is 9.84 Å². The third-order valence-corrected chi connectivity index (χ3v) is 4.62. The summed E-state index contributed by atoms with van der Waals surface area (Å²) < 4.78 is 5.83. The monoisotopic (exact) mass is 275 g/mol. The molecule has 0 bridgehead atoms. The highest BCUT2D eigenvalue weighted by Crippen LogP contribution is 2.39. The zero-order valence-electron chi connectivity index (χ0n) is 12.3. The lowest BCUT2D eigenvalue weighted by Crippen LogP contribution is -2.42. The number of para-hydroxylation sites is 1. The van der Waals surface area contributed by atoms with E-state index in [-0.39, 0.29) is 6.04 Å². The van der Waals surface area contributed by atoms with Crippen LogP contribution in [0.2, 0.25) is 0 Å². The van der Waals surface area contributed by atoms with Gasteiger partial charge >= 0.3 is 0 Å². The lowest BCUT2D eigenvalue weighted by atomic mass is 9.93. The van der Waals surface area contributed by atoms with Gasteiger partial charge in [-0.2, -0.15) is 0 Å². The Morgan fingerprint density at radius 3 is 2.65 bits per heavy atom. The van der Waals surface area contributed by atoms with E-state index in [0.717, 1.165) is 25.3 Å². The second-order valence-corrected chi connectivity index (χ2v) is 5.96. The molecule has 0 aliphatic carbocycles. The number of hydrogen-bond acceptors (Lipinski definition) is 3. The zero-order chi connectivity index (χ0) is 13.9. The summed E-state index contributed by atoms with van der Waals surface area (Å²) >= 11 is 0. The van der Waals surface area contributed by atoms with Crippen molar-refractivity contribution in [3.8, 4) is 5.75 Å². The summed E-state index contributed by atoms with van der Waals surface area (Å²) in [7, 11) is 0. The number of likely N-dealkylation sites (tertiary alicyclic amines) is 1. The van der Waals surface area contributed by atoms with Crippen molar-refractivity contribution in [2.24, 2.45) is 0 Å². The van der Waals surface area contributed by atoms with Gasteiger partial charge in [0, 0.05) is 5.56 Å². The summed E-state index contributed by atoms with van der Waals surface area (Å²) in [5, 5.41) is 10.5. The highest BCUT2D eigenvalue weighted by atomic mass is 16.5. The van der Waals surface area contributed by atoms with Gasteiger partial charge in [0.25, 0.3) is 0 Å². The second kappa shape index (κ2) is 6.15. The molecule has 2 heterocycles. The number of aryl methyl sites for hydroxylation is 1. The standard InChI is InChI=1S/C17H25NO2/c1-2-13-8-7-9-14-16(15(19)12-20-17(13)14)18-10-5-3-4-6-11-18/h7-9,15-16,19H,2-6,10-12H2,1H3. The number of fused-ring (bicyclic) bond motifs is 1. The van der Waals surface area contributed by atoms with Gasteiger partial charge in [-0.25, -0.2) is 0 Å². The molecule has 1 aromatic rings. The molecule has 3 rings (SSSR count). The van der Waals surface area contributed by atoms with Crippen LogP contribution in [0.1, 0.15) is 49.8 Å². The van der Waals surface area contributed by atoms with E-state index < -0.39 is 6.10 Å². The fourth-order valence-electron chi connectivity index (χ4n) is 3.57. The number of benzene rings is 1. The van der Waals surface area contributed by atoms with Crippen LogP contribution >= 0.6 is 0 Å². The van der Waals surface area contributed by atoms with Crippen molar-refractivity contribution >= 4 is 0 Å². The molecule has 3 heteroatoms. The molecule has 2 aliphatic heterocycles. The van der Waals surface area contributed by atoms with Crippen LogP contribution in [0.15, 0.2) is 18.2 Å². The smallest absolute Gasteiger partial charge is 0.127 e. The molecule has 0 aromatic heterocycles. The van der Waals surface area contributed by atoms with Gasteiger partial charge in [0.05, 0.1) is 6.04 Å². The van der Waals surface area contributed by atoms with Crippen molar-refractivity contribution in [1.29, 1.82) is 0 Å². The molecule has 2 aliphatic rings. The molecule has 3 nitrogen and oxygen atoms in total. The van der Waals surface area contributed by atoms with E-state index in [2.05, 4.69) is 30.0 Å². The first-order valence-electron chi connectivity index (χ1n) is 7.98. The van der Waals surface area contributed by atoms with Gasteiger partial charge in [-0.3, -0.25) is 4.90 Å². The van der Waals surface area contributed by atoms with Crippen LogP contribution in [0.25, 0.3) is 0 Å². The van der Waals surface area contributed by atoms with Crippen LogP contribution in [0.4, 0.5) is 0 Å². The van der Waals surface area contributed by atoms with E-state index in [9.17, 15) is 5.11 Å². The predicted octanol–water partition coefficient (Wildman–Crippen LogP) is 2.92. The SMILES string of the molecule is CCc1cccc2c1OCC(O)C2N1CCCCCC1. The van der Waals surface area contributed by atoms with Crippen LogP contribution in [0.3, 0.4) is 0 Å². The minimum Gasteiger partial charge on any atom is -0.490 e. The molecular weight excluding hydrogens is 250 g/mol. The average Bonchev–Trinajstić information content (AvgIpc) is 2.75. The summed E-state index contributed by atoms with van der Waals surface area (Å²) in [4.78, 5) is 2.47. The quantitative estimate of drug-likeness (QED) is 0.901. The Balaban J connectivity index is 1.94. The fraction of sp³-hybridized carbons (Fsp3) is 0.647. The molecule has 0 amide bonds. The Labute approximate surface area is 121 Å². The molecule has 1 aromatic carbocycles. The number of nitrogens with zero attached hydrogens (tertiary/aromatic N) is 1. The first-order chi connectivity index (χ1) is 9.81. The molecule has 2 atom stereocenters. The third kappa shape index (κ3) is 2.57. The maximum absolute atomic E-state index is 10.5. The largest absolute Gasteiger partial charge is 0.490 e. The number of aliphatic hydroxyl groups is 1. The molecular formula is C17H25NO2. The average molecular weight is 275 g/mol. The maximum atomic E-state index is 10.5. The van der Waals surface area contributed by atoms with Crippen LogP contribution < -0.4 is 4.74 Å². The predicted molar refractivity (Wildman–Crippen MR) is 80.1 cm³/mol. The fourth-order valence-corrected chi connectivity index (χ4v) is 3.57. The summed E-state index contributed by atoms with van der Waals surface area (Å²) in [6, 6.07) is 6.48. The van der Waals surface area contributed by atoms with Crippen molar-refractivity contribution in [3.05, 3.63) is 29.3 Å². The van der Waals surface area contributed by atoms with Crippen LogP contribution in [-0.2, 0) is 6.42 Å². The molecule has 110 valence electrons. The summed E-state index contributed by atoms with van der Waals surface area (Å²) in [6.07, 6.45) is 5.69. The van der Waals surface area contributed by atoms with E-state index in [0.29, 0.717) is 6.61 Å². The lowest BCUT2D eigenvalue weighted by Gasteiger charge is -2.39. The topological polar surface area (TPSA) is 32.7 Å². The molecule has 1 N–H and O–H groups in total. The Kier molecular flexibility index (Phi) is 4.27. The lowest BCUT2D eigenvalue weighted by molar-refractivity contribution is 0.000708. The Hall–Kier alpha value is -1.06. The van der Waals surface area contributed by atoms with E-state index in [1.165, 1.54) is 36.8 Å². The third-order valence-electron chi connectivity index (χ3n) is 4.62. The zero-order valence-corrected chi connectivity index (χ0v) is 12.3. The van der Waals surface area contributed by atoms with Crippen molar-refractivity contribution in [3.63, 3.8) is 0 Å². The van der Waals surface area contributed by atoms with Gasteiger partial charge < -0.3 is 9.84 Å². The number of ether oxygens (including phenoxy) is 1. The molecule has 0 saturated carbocycles. The van der Waals surface area contributed by atoms with Crippen LogP contribution in [0.5, 0.6) is 5.75 Å². The van der Waals surface area contributed by atoms with Gasteiger partial charge in [-0.15, -0.1) is 0 Å². The first kappa shape index (κ1) is 13.9. The molecule has 1 saturated heterocycles. The molecule has 0 radical (unpaired) electrons. The highest BCUT2D eigenvalue weighted by molar-refractivity contribution is 5.45. The number of rotatable bonds is 2. The summed E-state index contributed by atoms with van der Waals surface area (Å²) in [5.74, 6) is 1.02. The van der Waals surface area contributed by atoms with E-state index in [1.54, 1.807) is 0 Å². The maximum Gasteiger partial charge on any atom is 0.127 e. The van der Waals surface area contributed by atoms with Gasteiger partial charge in [-0.1, -0.05) is 38.0 Å². The van der Waals surface area contributed by atoms with Gasteiger partial charge in [0.15, 0.2) is 0 Å². The van der Waals surface area contributed by atoms with Crippen molar-refractivity contribution in [1.82, 2.24) is 4.90 Å². The highest BCUT2D eigenvalue weighted by Gasteiger charge is 2.35. The molecule has 0 spiro atoms. The van der Waals surface area contributed by atoms with Crippen LogP contribution in [-0.4, -0.2) is 35.8 Å². The molecule has 1 fully saturated rings. The second-order valence-electron chi connectivity index (χ2n) is 5.96.